The Morgan fingerprint density at radius 1 is 1.02 bits per heavy atom. The summed E-state index contributed by atoms with van der Waals surface area (Å²) in [6, 6.07) is 20.0. The molecule has 3 aromatic carbocycles. The highest BCUT2D eigenvalue weighted by Crippen LogP contribution is 2.44. The fourth-order valence-electron chi connectivity index (χ4n) is 6.54. The van der Waals surface area contributed by atoms with Gasteiger partial charge in [0.15, 0.2) is 0 Å². The predicted molar refractivity (Wildman–Crippen MR) is 171 cm³/mol. The van der Waals surface area contributed by atoms with Gasteiger partial charge in [0.05, 0.1) is 24.6 Å². The zero-order valence-electron chi connectivity index (χ0n) is 25.1. The normalized spacial score (nSPS) is 16.4. The number of aliphatic carboxylic acids is 1. The minimum atomic E-state index is -0.884. The monoisotopic (exact) mass is 605 g/mol. The molecule has 230 valence electrons. The number of benzene rings is 3. The summed E-state index contributed by atoms with van der Waals surface area (Å²) in [6.07, 6.45) is 4.19. The van der Waals surface area contributed by atoms with E-state index in [4.69, 9.17) is 20.3 Å². The topological polar surface area (TPSA) is 133 Å². The van der Waals surface area contributed by atoms with Crippen molar-refractivity contribution >= 4 is 39.6 Å². The van der Waals surface area contributed by atoms with Crippen molar-refractivity contribution in [1.29, 1.82) is 0 Å². The Hall–Kier alpha value is -5.12. The third-order valence-corrected chi connectivity index (χ3v) is 8.84. The van der Waals surface area contributed by atoms with Gasteiger partial charge in [0, 0.05) is 35.6 Å². The third-order valence-electron chi connectivity index (χ3n) is 8.84. The molecular formula is C35H35N5O5. The number of aromatic nitrogens is 3. The fourth-order valence-corrected chi connectivity index (χ4v) is 6.54. The molecule has 1 aliphatic heterocycles. The van der Waals surface area contributed by atoms with Crippen LogP contribution in [0.2, 0.25) is 0 Å². The summed E-state index contributed by atoms with van der Waals surface area (Å²) in [5.74, 6) is 0.563. The van der Waals surface area contributed by atoms with Gasteiger partial charge in [0.2, 0.25) is 0 Å². The van der Waals surface area contributed by atoms with E-state index in [1.807, 2.05) is 41.1 Å². The molecule has 1 aliphatic carbocycles. The van der Waals surface area contributed by atoms with Gasteiger partial charge in [-0.05, 0) is 78.4 Å². The van der Waals surface area contributed by atoms with Crippen LogP contribution in [0.1, 0.15) is 55.0 Å². The summed E-state index contributed by atoms with van der Waals surface area (Å²) in [7, 11) is 0. The van der Waals surface area contributed by atoms with Crippen LogP contribution >= 0.6 is 0 Å². The second-order valence-electron chi connectivity index (χ2n) is 11.8. The molecule has 0 radical (unpaired) electrons. The number of nitrogen functional groups attached to an aromatic ring is 1. The Morgan fingerprint density at radius 2 is 1.87 bits per heavy atom. The number of carboxylic acids is 1. The molecule has 7 rings (SSSR count). The molecule has 1 saturated carbocycles. The van der Waals surface area contributed by atoms with Gasteiger partial charge in [-0.15, -0.1) is 0 Å². The molecule has 10 nitrogen and oxygen atoms in total. The van der Waals surface area contributed by atoms with Crippen molar-refractivity contribution in [3.63, 3.8) is 0 Å². The molecule has 5 aromatic rings. The highest BCUT2D eigenvalue weighted by Gasteiger charge is 2.31. The maximum absolute atomic E-state index is 12.5. The highest BCUT2D eigenvalue weighted by molar-refractivity contribution is 6.02. The first-order chi connectivity index (χ1) is 21.9. The van der Waals surface area contributed by atoms with Crippen molar-refractivity contribution < 1.29 is 24.2 Å². The number of carboxylic acid groups (broad SMARTS) is 1. The van der Waals surface area contributed by atoms with Crippen molar-refractivity contribution in [2.75, 3.05) is 25.4 Å². The number of pyridine rings is 1. The molecule has 1 amide bonds. The fraction of sp³-hybridized carbons (Fsp3) is 0.314. The number of fused-ring (bicyclic) bond motifs is 2. The molecule has 1 atom stereocenters. The molecule has 0 spiro atoms. The van der Waals surface area contributed by atoms with Crippen LogP contribution in [0.15, 0.2) is 66.9 Å². The molecule has 3 heterocycles. The van der Waals surface area contributed by atoms with E-state index in [2.05, 4.69) is 29.2 Å². The lowest BCUT2D eigenvalue weighted by Gasteiger charge is -2.16. The maximum atomic E-state index is 12.5. The number of ether oxygens (including phenoxy) is 2. The highest BCUT2D eigenvalue weighted by atomic mass is 16.6. The first kappa shape index (κ1) is 28.6. The number of hydrogen-bond donors (Lipinski definition) is 2. The molecule has 1 saturated heterocycles. The van der Waals surface area contributed by atoms with E-state index >= 15 is 0 Å². The van der Waals surface area contributed by atoms with Crippen LogP contribution in [-0.4, -0.2) is 56.5 Å². The van der Waals surface area contributed by atoms with Crippen LogP contribution in [0.4, 0.5) is 10.6 Å². The molecule has 2 aliphatic rings. The molecule has 0 bridgehead atoms. The van der Waals surface area contributed by atoms with Crippen molar-refractivity contribution in [2.24, 2.45) is 0 Å². The molecule has 3 N–H and O–H groups in total. The predicted octanol–water partition coefficient (Wildman–Crippen LogP) is 6.32. The zero-order chi connectivity index (χ0) is 31.1. The average molecular weight is 606 g/mol. The Balaban J connectivity index is 1.29. The number of rotatable bonds is 9. The van der Waals surface area contributed by atoms with E-state index in [0.717, 1.165) is 68.9 Å². The minimum absolute atomic E-state index is 0.0271. The van der Waals surface area contributed by atoms with Crippen molar-refractivity contribution in [3.8, 4) is 16.9 Å². The smallest absolute Gasteiger partial charge is 0.409 e. The maximum Gasteiger partial charge on any atom is 0.409 e. The number of carbonyl (C=O) groups excluding carboxylic acids is 1. The van der Waals surface area contributed by atoms with Crippen LogP contribution in [0.25, 0.3) is 32.8 Å². The number of nitrogens with two attached hydrogens (primary N) is 1. The average Bonchev–Trinajstić information content (AvgIpc) is 3.65. The van der Waals surface area contributed by atoms with Gasteiger partial charge in [-0.3, -0.25) is 9.48 Å². The largest absolute Gasteiger partial charge is 0.487 e. The van der Waals surface area contributed by atoms with Crippen LogP contribution in [0.5, 0.6) is 5.75 Å². The molecular weight excluding hydrogens is 570 g/mol. The van der Waals surface area contributed by atoms with Gasteiger partial charge in [0.25, 0.3) is 0 Å². The Bertz CT molecular complexity index is 1930. The lowest BCUT2D eigenvalue weighted by Crippen LogP contribution is -2.29. The van der Waals surface area contributed by atoms with Gasteiger partial charge in [-0.25, -0.2) is 9.78 Å². The van der Waals surface area contributed by atoms with E-state index in [9.17, 15) is 14.7 Å². The van der Waals surface area contributed by atoms with E-state index in [1.165, 1.54) is 0 Å². The van der Waals surface area contributed by atoms with Gasteiger partial charge in [-0.1, -0.05) is 36.4 Å². The quantitative estimate of drug-likeness (QED) is 0.199. The summed E-state index contributed by atoms with van der Waals surface area (Å²) in [6.45, 7) is 3.39. The van der Waals surface area contributed by atoms with Crippen molar-refractivity contribution in [1.82, 2.24) is 19.7 Å². The van der Waals surface area contributed by atoms with Gasteiger partial charge >= 0.3 is 12.1 Å². The number of nitrogens with zero attached hydrogens (tertiary/aromatic N) is 4. The van der Waals surface area contributed by atoms with Crippen molar-refractivity contribution in [3.05, 3.63) is 83.7 Å². The molecule has 0 unspecified atom stereocenters. The van der Waals surface area contributed by atoms with E-state index in [-0.39, 0.29) is 25.2 Å². The first-order valence-electron chi connectivity index (χ1n) is 15.4. The summed E-state index contributed by atoms with van der Waals surface area (Å²) >= 11 is 0. The summed E-state index contributed by atoms with van der Waals surface area (Å²) < 4.78 is 13.7. The Kier molecular flexibility index (Phi) is 7.48. The van der Waals surface area contributed by atoms with Crippen LogP contribution < -0.4 is 10.5 Å². The zero-order valence-corrected chi connectivity index (χ0v) is 25.1. The summed E-state index contributed by atoms with van der Waals surface area (Å²) in [4.78, 5) is 30.2. The third kappa shape index (κ3) is 5.52. The van der Waals surface area contributed by atoms with E-state index < -0.39 is 5.97 Å². The van der Waals surface area contributed by atoms with Crippen LogP contribution in [-0.2, 0) is 22.6 Å². The first-order valence-corrected chi connectivity index (χ1v) is 15.4. The van der Waals surface area contributed by atoms with Gasteiger partial charge < -0.3 is 25.2 Å². The number of anilines is 1. The number of likely N-dealkylation sites (tertiary alicyclic amines) is 1. The second kappa shape index (κ2) is 11.8. The number of amides is 1. The molecule has 2 fully saturated rings. The SMILES string of the molecule is CCOC(=O)N1CC[C@H](n2nc(COc3cccc(C4CC4)c3CC(=O)O)c3cc(-c4cccc5c(N)nccc45)ccc32)C1. The second-order valence-corrected chi connectivity index (χ2v) is 11.8. The lowest BCUT2D eigenvalue weighted by molar-refractivity contribution is -0.136. The number of hydrogen-bond acceptors (Lipinski definition) is 7. The van der Waals surface area contributed by atoms with Gasteiger partial charge in [-0.2, -0.15) is 5.10 Å². The lowest BCUT2D eigenvalue weighted by atomic mass is 9.97. The Labute approximate surface area is 260 Å². The molecule has 45 heavy (non-hydrogen) atoms. The summed E-state index contributed by atoms with van der Waals surface area (Å²) in [5.41, 5.74) is 11.7. The number of carbonyl (C=O) groups is 2. The van der Waals surface area contributed by atoms with E-state index in [0.29, 0.717) is 37.2 Å². The standard InChI is InChI=1S/C35H35N5O5/c1-2-44-35(43)39-16-14-23(19-39)40-31-12-11-22(25-5-3-7-27-26(25)13-15-37-34(27)36)17-29(31)30(38-40)20-45-32-8-4-6-24(21-9-10-21)28(32)18-33(41)42/h3-8,11-13,15,17,21,23H,2,9-10,14,16,18-20H2,1H3,(H2,36,37)(H,41,42)/t23-/m0/s1. The molecule has 10 heteroatoms. The van der Waals surface area contributed by atoms with Gasteiger partial charge in [0.1, 0.15) is 23.9 Å². The molecule has 2 aromatic heterocycles. The van der Waals surface area contributed by atoms with Crippen LogP contribution in [0, 0.1) is 0 Å². The van der Waals surface area contributed by atoms with Crippen molar-refractivity contribution in [2.45, 2.75) is 51.2 Å². The summed E-state index contributed by atoms with van der Waals surface area (Å²) in [5, 5.41) is 17.6. The Morgan fingerprint density at radius 3 is 2.67 bits per heavy atom. The minimum Gasteiger partial charge on any atom is -0.487 e. The van der Waals surface area contributed by atoms with Crippen LogP contribution in [0.3, 0.4) is 0 Å². The van der Waals surface area contributed by atoms with E-state index in [1.54, 1.807) is 18.0 Å².